The van der Waals surface area contributed by atoms with Crippen LogP contribution in [0.15, 0.2) is 24.3 Å². The van der Waals surface area contributed by atoms with Crippen LogP contribution >= 0.6 is 0 Å². The molecule has 1 aromatic rings. The second kappa shape index (κ2) is 8.84. The molecule has 136 valence electrons. The van der Waals surface area contributed by atoms with E-state index < -0.39 is 0 Å². The van der Waals surface area contributed by atoms with E-state index in [1.807, 2.05) is 12.1 Å². The Morgan fingerprint density at radius 3 is 2.33 bits per heavy atom. The zero-order chi connectivity index (χ0) is 17.6. The fourth-order valence-electron chi connectivity index (χ4n) is 2.66. The second-order valence-electron chi connectivity index (χ2n) is 7.81. The summed E-state index contributed by atoms with van der Waals surface area (Å²) in [5.41, 5.74) is 7.21. The third kappa shape index (κ3) is 6.80. The number of rotatable bonds is 8. The summed E-state index contributed by atoms with van der Waals surface area (Å²) in [5, 5.41) is 0. The van der Waals surface area contributed by atoms with Crippen molar-refractivity contribution < 1.29 is 14.2 Å². The Bertz CT molecular complexity index is 473. The van der Waals surface area contributed by atoms with Crippen molar-refractivity contribution in [2.24, 2.45) is 11.7 Å². The molecule has 0 bridgehead atoms. The van der Waals surface area contributed by atoms with E-state index >= 15 is 0 Å². The molecule has 4 heteroatoms. The topological polar surface area (TPSA) is 53.7 Å². The highest BCUT2D eigenvalue weighted by Crippen LogP contribution is 2.22. The lowest BCUT2D eigenvalue weighted by Gasteiger charge is -2.30. The monoisotopic (exact) mass is 335 g/mol. The largest absolute Gasteiger partial charge is 0.465 e. The van der Waals surface area contributed by atoms with Crippen molar-refractivity contribution >= 4 is 0 Å². The highest BCUT2D eigenvalue weighted by Gasteiger charge is 2.23. The smallest absolute Gasteiger partial charge is 0.202 e. The Balaban J connectivity index is 1.89. The van der Waals surface area contributed by atoms with E-state index in [0.717, 1.165) is 44.6 Å². The highest BCUT2D eigenvalue weighted by molar-refractivity contribution is 5.27. The van der Waals surface area contributed by atoms with Gasteiger partial charge in [-0.15, -0.1) is 0 Å². The molecule has 1 aliphatic heterocycles. The molecule has 1 atom stereocenters. The van der Waals surface area contributed by atoms with Crippen molar-refractivity contribution in [2.45, 2.75) is 71.3 Å². The lowest BCUT2D eigenvalue weighted by Crippen LogP contribution is -2.34. The van der Waals surface area contributed by atoms with Crippen molar-refractivity contribution in [1.82, 2.24) is 0 Å². The van der Waals surface area contributed by atoms with Gasteiger partial charge in [-0.2, -0.15) is 0 Å². The predicted octanol–water partition coefficient (Wildman–Crippen LogP) is 3.91. The molecule has 0 spiro atoms. The normalized spacial score (nSPS) is 17.9. The highest BCUT2D eigenvalue weighted by atomic mass is 16.7. The molecule has 1 unspecified atom stereocenters. The van der Waals surface area contributed by atoms with Crippen LogP contribution < -0.4 is 10.5 Å². The minimum absolute atomic E-state index is 0.130. The summed E-state index contributed by atoms with van der Waals surface area (Å²) in [6.07, 6.45) is 3.85. The van der Waals surface area contributed by atoms with E-state index in [4.69, 9.17) is 19.9 Å². The first-order valence-corrected chi connectivity index (χ1v) is 9.11. The van der Waals surface area contributed by atoms with E-state index in [1.54, 1.807) is 0 Å². The fourth-order valence-corrected chi connectivity index (χ4v) is 2.66. The van der Waals surface area contributed by atoms with Gasteiger partial charge in [0.15, 0.2) is 0 Å². The molecule has 1 aliphatic rings. The third-order valence-corrected chi connectivity index (χ3v) is 4.27. The van der Waals surface area contributed by atoms with Gasteiger partial charge in [-0.3, -0.25) is 0 Å². The number of benzene rings is 1. The van der Waals surface area contributed by atoms with Crippen LogP contribution in [-0.4, -0.2) is 31.1 Å². The molecule has 0 saturated carbocycles. The first-order valence-electron chi connectivity index (χ1n) is 9.11. The van der Waals surface area contributed by atoms with Gasteiger partial charge in [0, 0.05) is 24.7 Å². The summed E-state index contributed by atoms with van der Waals surface area (Å²) < 4.78 is 17.6. The summed E-state index contributed by atoms with van der Waals surface area (Å²) in [7, 11) is 0. The Labute approximate surface area is 146 Å². The average molecular weight is 335 g/mol. The Hall–Kier alpha value is -1.10. The van der Waals surface area contributed by atoms with Gasteiger partial charge >= 0.3 is 0 Å². The van der Waals surface area contributed by atoms with Crippen LogP contribution in [0.5, 0.6) is 5.75 Å². The SMILES string of the molecule is CC(C)C(Oc1ccc(CCC(C)(C)N)cc1)OC1CCOCC1. The van der Waals surface area contributed by atoms with Crippen LogP contribution in [0.3, 0.4) is 0 Å². The molecule has 2 N–H and O–H groups in total. The maximum atomic E-state index is 6.16. The maximum absolute atomic E-state index is 6.16. The average Bonchev–Trinajstić information content (AvgIpc) is 2.54. The minimum Gasteiger partial charge on any atom is -0.465 e. The zero-order valence-corrected chi connectivity index (χ0v) is 15.6. The first-order chi connectivity index (χ1) is 11.3. The lowest BCUT2D eigenvalue weighted by molar-refractivity contribution is -0.162. The van der Waals surface area contributed by atoms with E-state index in [-0.39, 0.29) is 17.9 Å². The van der Waals surface area contributed by atoms with Crippen molar-refractivity contribution in [1.29, 1.82) is 0 Å². The van der Waals surface area contributed by atoms with Gasteiger partial charge < -0.3 is 19.9 Å². The number of nitrogens with two attached hydrogens (primary N) is 1. The number of ether oxygens (including phenoxy) is 3. The van der Waals surface area contributed by atoms with Gasteiger partial charge in [0.25, 0.3) is 0 Å². The Kier molecular flexibility index (Phi) is 7.08. The Morgan fingerprint density at radius 2 is 1.79 bits per heavy atom. The van der Waals surface area contributed by atoms with E-state index in [0.29, 0.717) is 5.92 Å². The molecule has 0 amide bonds. The zero-order valence-electron chi connectivity index (χ0n) is 15.6. The van der Waals surface area contributed by atoms with Crippen LogP contribution in [0.25, 0.3) is 0 Å². The lowest BCUT2D eigenvalue weighted by atomic mass is 9.97. The van der Waals surface area contributed by atoms with Gasteiger partial charge in [-0.1, -0.05) is 26.0 Å². The maximum Gasteiger partial charge on any atom is 0.202 e. The van der Waals surface area contributed by atoms with Crippen LogP contribution in [-0.2, 0) is 15.9 Å². The van der Waals surface area contributed by atoms with Crippen molar-refractivity contribution in [3.8, 4) is 5.75 Å². The standard InChI is InChI=1S/C20H33NO3/c1-15(2)19(24-18-10-13-22-14-11-18)23-17-7-5-16(6-8-17)9-12-20(3,4)21/h5-8,15,18-19H,9-14,21H2,1-4H3. The molecular weight excluding hydrogens is 302 g/mol. The minimum atomic E-state index is -0.220. The van der Waals surface area contributed by atoms with E-state index in [2.05, 4.69) is 39.8 Å². The number of aryl methyl sites for hydroxylation is 1. The van der Waals surface area contributed by atoms with Crippen molar-refractivity contribution in [3.63, 3.8) is 0 Å². The molecule has 4 nitrogen and oxygen atoms in total. The van der Waals surface area contributed by atoms with Crippen LogP contribution in [0.4, 0.5) is 0 Å². The molecular formula is C20H33NO3. The predicted molar refractivity (Wildman–Crippen MR) is 97.2 cm³/mol. The van der Waals surface area contributed by atoms with E-state index in [1.165, 1.54) is 5.56 Å². The summed E-state index contributed by atoms with van der Waals surface area (Å²) in [6, 6.07) is 8.29. The van der Waals surface area contributed by atoms with Crippen LogP contribution in [0, 0.1) is 5.92 Å². The second-order valence-corrected chi connectivity index (χ2v) is 7.81. The molecule has 1 fully saturated rings. The van der Waals surface area contributed by atoms with Crippen LogP contribution in [0.1, 0.15) is 52.5 Å². The molecule has 1 heterocycles. The number of hydrogen-bond donors (Lipinski definition) is 1. The molecule has 0 aromatic heterocycles. The molecule has 0 aliphatic carbocycles. The molecule has 1 aromatic carbocycles. The van der Waals surface area contributed by atoms with Crippen molar-refractivity contribution in [3.05, 3.63) is 29.8 Å². The molecule has 0 radical (unpaired) electrons. The Morgan fingerprint density at radius 1 is 1.17 bits per heavy atom. The summed E-state index contributed by atoms with van der Waals surface area (Å²) in [5.74, 6) is 1.15. The van der Waals surface area contributed by atoms with Gasteiger partial charge in [-0.05, 0) is 57.2 Å². The third-order valence-electron chi connectivity index (χ3n) is 4.27. The van der Waals surface area contributed by atoms with Gasteiger partial charge in [-0.25, -0.2) is 0 Å². The molecule has 2 rings (SSSR count). The molecule has 24 heavy (non-hydrogen) atoms. The number of hydrogen-bond acceptors (Lipinski definition) is 4. The van der Waals surface area contributed by atoms with Crippen LogP contribution in [0.2, 0.25) is 0 Å². The van der Waals surface area contributed by atoms with Gasteiger partial charge in [0.05, 0.1) is 6.10 Å². The summed E-state index contributed by atoms with van der Waals surface area (Å²) in [6.45, 7) is 9.93. The van der Waals surface area contributed by atoms with E-state index in [9.17, 15) is 0 Å². The first kappa shape index (κ1) is 19.2. The molecule has 1 saturated heterocycles. The van der Waals surface area contributed by atoms with Crippen molar-refractivity contribution in [2.75, 3.05) is 13.2 Å². The quantitative estimate of drug-likeness (QED) is 0.732. The fraction of sp³-hybridized carbons (Fsp3) is 0.700. The summed E-state index contributed by atoms with van der Waals surface area (Å²) >= 11 is 0. The van der Waals surface area contributed by atoms with Gasteiger partial charge in [0.1, 0.15) is 5.75 Å². The van der Waals surface area contributed by atoms with Gasteiger partial charge in [0.2, 0.25) is 6.29 Å². The summed E-state index contributed by atoms with van der Waals surface area (Å²) in [4.78, 5) is 0.